The number of rotatable bonds is 3. The van der Waals surface area contributed by atoms with E-state index in [0.717, 1.165) is 31.4 Å². The lowest BCUT2D eigenvalue weighted by Crippen LogP contribution is -2.40. The van der Waals surface area contributed by atoms with Crippen molar-refractivity contribution >= 4 is 39.2 Å². The highest BCUT2D eigenvalue weighted by atomic mass is 32.2. The summed E-state index contributed by atoms with van der Waals surface area (Å²) in [5, 5.41) is 1.19. The molecule has 1 aliphatic heterocycles. The Bertz CT molecular complexity index is 578. The van der Waals surface area contributed by atoms with Crippen LogP contribution in [0.1, 0.15) is 23.8 Å². The number of amides is 1. The van der Waals surface area contributed by atoms with Crippen molar-refractivity contribution in [1.82, 2.24) is 9.88 Å². The molecular formula is C15H18N2OS2. The van der Waals surface area contributed by atoms with Gasteiger partial charge in [-0.05, 0) is 31.2 Å². The summed E-state index contributed by atoms with van der Waals surface area (Å²) in [7, 11) is 0. The minimum absolute atomic E-state index is 0.267. The van der Waals surface area contributed by atoms with E-state index < -0.39 is 0 Å². The van der Waals surface area contributed by atoms with Crippen LogP contribution in [-0.2, 0) is 4.79 Å². The molecule has 1 amide bonds. The van der Waals surface area contributed by atoms with E-state index in [4.69, 9.17) is 4.98 Å². The van der Waals surface area contributed by atoms with E-state index in [1.807, 2.05) is 17.2 Å². The summed E-state index contributed by atoms with van der Waals surface area (Å²) in [4.78, 5) is 18.8. The second kappa shape index (κ2) is 6.14. The van der Waals surface area contributed by atoms with Crippen molar-refractivity contribution in [3.63, 3.8) is 0 Å². The SMILES string of the molecule is CSCC(=O)N1CCC[C@@H](c2nc3ccccc3s2)C1. The van der Waals surface area contributed by atoms with Gasteiger partial charge in [-0.15, -0.1) is 11.3 Å². The fraction of sp³-hybridized carbons (Fsp3) is 0.467. The van der Waals surface area contributed by atoms with Crippen molar-refractivity contribution in [2.75, 3.05) is 25.1 Å². The van der Waals surface area contributed by atoms with Crippen molar-refractivity contribution in [3.05, 3.63) is 29.3 Å². The number of likely N-dealkylation sites (tertiary alicyclic amines) is 1. The molecule has 1 aromatic carbocycles. The van der Waals surface area contributed by atoms with Crippen molar-refractivity contribution in [3.8, 4) is 0 Å². The lowest BCUT2D eigenvalue weighted by atomic mass is 9.99. The number of carbonyl (C=O) groups is 1. The Balaban J connectivity index is 1.77. The van der Waals surface area contributed by atoms with Gasteiger partial charge in [-0.3, -0.25) is 4.79 Å². The fourth-order valence-electron chi connectivity index (χ4n) is 2.68. The number of piperidine rings is 1. The highest BCUT2D eigenvalue weighted by Crippen LogP contribution is 2.33. The van der Waals surface area contributed by atoms with Gasteiger partial charge in [-0.2, -0.15) is 11.8 Å². The molecule has 0 aliphatic carbocycles. The summed E-state index contributed by atoms with van der Waals surface area (Å²) in [6.07, 6.45) is 4.20. The van der Waals surface area contributed by atoms with Gasteiger partial charge in [-0.1, -0.05) is 12.1 Å². The molecule has 5 heteroatoms. The third-order valence-electron chi connectivity index (χ3n) is 3.70. The first-order chi connectivity index (χ1) is 9.78. The number of hydrogen-bond acceptors (Lipinski definition) is 4. The molecule has 20 heavy (non-hydrogen) atoms. The predicted octanol–water partition coefficient (Wildman–Crippen LogP) is 3.37. The van der Waals surface area contributed by atoms with Gasteiger partial charge in [-0.25, -0.2) is 4.98 Å². The number of hydrogen-bond donors (Lipinski definition) is 0. The summed E-state index contributed by atoms with van der Waals surface area (Å²) >= 11 is 3.38. The van der Waals surface area contributed by atoms with Crippen LogP contribution < -0.4 is 0 Å². The van der Waals surface area contributed by atoms with E-state index in [0.29, 0.717) is 11.7 Å². The zero-order valence-corrected chi connectivity index (χ0v) is 13.2. The first-order valence-electron chi connectivity index (χ1n) is 6.90. The number of carbonyl (C=O) groups excluding carboxylic acids is 1. The zero-order valence-electron chi connectivity index (χ0n) is 11.5. The summed E-state index contributed by atoms with van der Waals surface area (Å²) in [6, 6.07) is 8.27. The maximum Gasteiger partial charge on any atom is 0.232 e. The molecule has 0 radical (unpaired) electrons. The van der Waals surface area contributed by atoms with E-state index in [1.54, 1.807) is 23.1 Å². The lowest BCUT2D eigenvalue weighted by molar-refractivity contribution is -0.129. The van der Waals surface area contributed by atoms with E-state index in [-0.39, 0.29) is 5.91 Å². The van der Waals surface area contributed by atoms with E-state index in [9.17, 15) is 4.79 Å². The predicted molar refractivity (Wildman–Crippen MR) is 86.6 cm³/mol. The maximum absolute atomic E-state index is 12.0. The molecule has 1 aliphatic rings. The average molecular weight is 306 g/mol. The quantitative estimate of drug-likeness (QED) is 0.872. The Morgan fingerprint density at radius 1 is 1.50 bits per heavy atom. The van der Waals surface area contributed by atoms with Crippen LogP contribution in [0, 0.1) is 0 Å². The molecule has 1 fully saturated rings. The van der Waals surface area contributed by atoms with Gasteiger partial charge in [0.05, 0.1) is 21.0 Å². The standard InChI is InChI=1S/C15H18N2OS2/c1-19-10-14(18)17-8-4-5-11(9-17)15-16-12-6-2-3-7-13(12)20-15/h2-3,6-7,11H,4-5,8-10H2,1H3/t11-/m1/s1. The van der Waals surface area contributed by atoms with E-state index in [2.05, 4.69) is 18.2 Å². The number of para-hydroxylation sites is 1. The summed E-state index contributed by atoms with van der Waals surface area (Å²) < 4.78 is 1.25. The normalized spacial score (nSPS) is 19.4. The number of benzene rings is 1. The molecule has 2 heterocycles. The molecule has 0 N–H and O–H groups in total. The fourth-order valence-corrected chi connectivity index (χ4v) is 4.21. The van der Waals surface area contributed by atoms with Crippen molar-refractivity contribution in [1.29, 1.82) is 0 Å². The van der Waals surface area contributed by atoms with Gasteiger partial charge in [0, 0.05) is 19.0 Å². The molecule has 0 bridgehead atoms. The Labute approximate surface area is 127 Å². The summed E-state index contributed by atoms with van der Waals surface area (Å²) in [5.74, 6) is 1.27. The Hall–Kier alpha value is -1.07. The third-order valence-corrected chi connectivity index (χ3v) is 5.44. The lowest BCUT2D eigenvalue weighted by Gasteiger charge is -2.31. The van der Waals surface area contributed by atoms with Gasteiger partial charge in [0.25, 0.3) is 0 Å². The van der Waals surface area contributed by atoms with E-state index in [1.165, 1.54) is 9.71 Å². The molecule has 0 spiro atoms. The van der Waals surface area contributed by atoms with Gasteiger partial charge in [0.2, 0.25) is 5.91 Å². The van der Waals surface area contributed by atoms with Crippen molar-refractivity contribution in [2.24, 2.45) is 0 Å². The maximum atomic E-state index is 12.0. The Morgan fingerprint density at radius 3 is 3.15 bits per heavy atom. The van der Waals surface area contributed by atoms with Gasteiger partial charge >= 0.3 is 0 Å². The number of thioether (sulfide) groups is 1. The van der Waals surface area contributed by atoms with Crippen molar-refractivity contribution < 1.29 is 4.79 Å². The molecule has 2 aromatic rings. The zero-order chi connectivity index (χ0) is 13.9. The highest BCUT2D eigenvalue weighted by molar-refractivity contribution is 7.99. The molecule has 1 saturated heterocycles. The third kappa shape index (κ3) is 2.83. The van der Waals surface area contributed by atoms with Crippen LogP contribution in [0.3, 0.4) is 0 Å². The largest absolute Gasteiger partial charge is 0.341 e. The number of thiazole rings is 1. The van der Waals surface area contributed by atoms with Crippen LogP contribution in [0.4, 0.5) is 0 Å². The topological polar surface area (TPSA) is 33.2 Å². The number of nitrogens with zero attached hydrogens (tertiary/aromatic N) is 2. The molecule has 0 saturated carbocycles. The molecular weight excluding hydrogens is 288 g/mol. The molecule has 1 aromatic heterocycles. The molecule has 106 valence electrons. The first kappa shape index (κ1) is 13.9. The average Bonchev–Trinajstić information content (AvgIpc) is 2.91. The molecule has 3 nitrogen and oxygen atoms in total. The molecule has 3 rings (SSSR count). The van der Waals surface area contributed by atoms with Crippen LogP contribution in [0.15, 0.2) is 24.3 Å². The van der Waals surface area contributed by atoms with Crippen LogP contribution in [0.2, 0.25) is 0 Å². The smallest absolute Gasteiger partial charge is 0.232 e. The van der Waals surface area contributed by atoms with Crippen LogP contribution in [0.25, 0.3) is 10.2 Å². The minimum atomic E-state index is 0.267. The Morgan fingerprint density at radius 2 is 2.35 bits per heavy atom. The number of fused-ring (bicyclic) bond motifs is 1. The second-order valence-electron chi connectivity index (χ2n) is 5.13. The van der Waals surface area contributed by atoms with Gasteiger partial charge in [0.1, 0.15) is 0 Å². The minimum Gasteiger partial charge on any atom is -0.341 e. The number of aromatic nitrogens is 1. The molecule has 0 unspecified atom stereocenters. The first-order valence-corrected chi connectivity index (χ1v) is 9.11. The second-order valence-corrected chi connectivity index (χ2v) is 7.06. The van der Waals surface area contributed by atoms with Gasteiger partial charge < -0.3 is 4.90 Å². The van der Waals surface area contributed by atoms with E-state index >= 15 is 0 Å². The monoisotopic (exact) mass is 306 g/mol. The summed E-state index contributed by atoms with van der Waals surface area (Å²) in [6.45, 7) is 1.74. The van der Waals surface area contributed by atoms with Crippen LogP contribution in [0.5, 0.6) is 0 Å². The summed E-state index contributed by atoms with van der Waals surface area (Å²) in [5.41, 5.74) is 1.08. The van der Waals surface area contributed by atoms with Gasteiger partial charge in [0.15, 0.2) is 0 Å². The van der Waals surface area contributed by atoms with Crippen LogP contribution >= 0.6 is 23.1 Å². The Kier molecular flexibility index (Phi) is 4.27. The van der Waals surface area contributed by atoms with Crippen molar-refractivity contribution in [2.45, 2.75) is 18.8 Å². The molecule has 1 atom stereocenters. The van der Waals surface area contributed by atoms with Crippen LogP contribution in [-0.4, -0.2) is 40.9 Å². The highest BCUT2D eigenvalue weighted by Gasteiger charge is 2.26.